The van der Waals surface area contributed by atoms with Gasteiger partial charge >= 0.3 is 5.97 Å². The summed E-state index contributed by atoms with van der Waals surface area (Å²) in [5, 5.41) is 9.65. The molecule has 1 aliphatic rings. The van der Waals surface area contributed by atoms with Crippen LogP contribution in [0.2, 0.25) is 0 Å². The second-order valence-electron chi connectivity index (χ2n) is 4.24. The second-order valence-corrected chi connectivity index (χ2v) is 4.24. The van der Waals surface area contributed by atoms with Gasteiger partial charge in [0.05, 0.1) is 12.9 Å². The summed E-state index contributed by atoms with van der Waals surface area (Å²) in [7, 11) is 1.28. The van der Waals surface area contributed by atoms with Crippen molar-refractivity contribution in [3.63, 3.8) is 0 Å². The van der Waals surface area contributed by atoms with E-state index < -0.39 is 11.9 Å². The Balaban J connectivity index is 2.99. The Kier molecular flexibility index (Phi) is 4.10. The lowest BCUT2D eigenvalue weighted by molar-refractivity contribution is -0.150. The number of hydrogen-bond donors (Lipinski definition) is 1. The van der Waals surface area contributed by atoms with Crippen LogP contribution in [0.4, 0.5) is 0 Å². The third-order valence-corrected chi connectivity index (χ3v) is 3.24. The molecule has 0 bridgehead atoms. The van der Waals surface area contributed by atoms with E-state index in [9.17, 15) is 14.7 Å². The van der Waals surface area contributed by atoms with Crippen LogP contribution < -0.4 is 0 Å². The number of ketones is 1. The van der Waals surface area contributed by atoms with Crippen LogP contribution in [0.5, 0.6) is 0 Å². The maximum atomic E-state index is 11.6. The molecule has 0 spiro atoms. The molecule has 1 N–H and O–H groups in total. The minimum atomic E-state index is -0.771. The molecule has 0 aromatic rings. The van der Waals surface area contributed by atoms with E-state index in [2.05, 4.69) is 4.74 Å². The molecule has 1 rings (SSSR count). The molecular formula is C12H18O4. The molecule has 4 heteroatoms. The molecule has 0 aromatic carbocycles. The minimum absolute atomic E-state index is 0.203. The lowest BCUT2D eigenvalue weighted by Crippen LogP contribution is -2.33. The molecule has 1 unspecified atom stereocenters. The van der Waals surface area contributed by atoms with Gasteiger partial charge in [0.2, 0.25) is 0 Å². The lowest BCUT2D eigenvalue weighted by Gasteiger charge is -2.28. The van der Waals surface area contributed by atoms with Crippen LogP contribution in [0.25, 0.3) is 0 Å². The van der Waals surface area contributed by atoms with Gasteiger partial charge in [-0.15, -0.1) is 0 Å². The molecule has 0 amide bonds. The van der Waals surface area contributed by atoms with Crippen LogP contribution in [-0.2, 0) is 14.3 Å². The Morgan fingerprint density at radius 1 is 1.50 bits per heavy atom. The Morgan fingerprint density at radius 3 is 2.62 bits per heavy atom. The van der Waals surface area contributed by atoms with Crippen LogP contribution >= 0.6 is 0 Å². The fraction of sp³-hybridized carbons (Fsp3) is 0.667. The molecule has 0 radical (unpaired) electrons. The fourth-order valence-corrected chi connectivity index (χ4v) is 2.27. The standard InChI is InChI=1S/C12H18O4/c1-7-9(5-4-6-10(7)14)11(8(2)13)12(15)16-3/h9,11,14H,4-6H2,1-3H3/t9?,11-/m0/s1. The number of methoxy groups -OCH3 is 1. The van der Waals surface area contributed by atoms with E-state index in [0.29, 0.717) is 12.2 Å². The summed E-state index contributed by atoms with van der Waals surface area (Å²) in [5.74, 6) is -1.38. The molecular weight excluding hydrogens is 208 g/mol. The van der Waals surface area contributed by atoms with Crippen molar-refractivity contribution in [3.05, 3.63) is 11.3 Å². The zero-order chi connectivity index (χ0) is 12.3. The normalized spacial score (nSPS) is 22.8. The number of ether oxygens (including phenoxy) is 1. The molecule has 1 aliphatic carbocycles. The number of aliphatic hydroxyl groups is 1. The van der Waals surface area contributed by atoms with E-state index in [1.54, 1.807) is 6.92 Å². The second kappa shape index (κ2) is 5.14. The summed E-state index contributed by atoms with van der Waals surface area (Å²) < 4.78 is 4.65. The highest BCUT2D eigenvalue weighted by atomic mass is 16.5. The first-order valence-corrected chi connectivity index (χ1v) is 5.46. The van der Waals surface area contributed by atoms with Gasteiger partial charge in [-0.25, -0.2) is 0 Å². The predicted octanol–water partition coefficient (Wildman–Crippen LogP) is 2.00. The smallest absolute Gasteiger partial charge is 0.316 e. The Hall–Kier alpha value is -1.32. The van der Waals surface area contributed by atoms with Gasteiger partial charge in [-0.1, -0.05) is 0 Å². The third kappa shape index (κ3) is 2.43. The van der Waals surface area contributed by atoms with Gasteiger partial charge in [-0.3, -0.25) is 9.59 Å². The summed E-state index contributed by atoms with van der Waals surface area (Å²) in [6, 6.07) is 0. The summed E-state index contributed by atoms with van der Waals surface area (Å²) in [6.45, 7) is 3.17. The van der Waals surface area contributed by atoms with E-state index in [1.165, 1.54) is 14.0 Å². The van der Waals surface area contributed by atoms with Gasteiger partial charge in [-0.2, -0.15) is 0 Å². The average Bonchev–Trinajstić information content (AvgIpc) is 2.24. The number of allylic oxidation sites excluding steroid dienone is 2. The van der Waals surface area contributed by atoms with Crippen molar-refractivity contribution in [2.75, 3.05) is 7.11 Å². The van der Waals surface area contributed by atoms with Crippen LogP contribution in [0.15, 0.2) is 11.3 Å². The molecule has 2 atom stereocenters. The van der Waals surface area contributed by atoms with Gasteiger partial charge in [0.25, 0.3) is 0 Å². The number of carbonyl (C=O) groups excluding carboxylic acids is 2. The van der Waals surface area contributed by atoms with Gasteiger partial charge in [0.15, 0.2) is 0 Å². The number of Topliss-reactive ketones (excluding diaryl/α,β-unsaturated/α-hetero) is 1. The first-order chi connectivity index (χ1) is 7.49. The number of hydrogen-bond acceptors (Lipinski definition) is 4. The van der Waals surface area contributed by atoms with Crippen molar-refractivity contribution in [1.82, 2.24) is 0 Å². The number of rotatable bonds is 3. The zero-order valence-electron chi connectivity index (χ0n) is 9.95. The number of aliphatic hydroxyl groups excluding tert-OH is 1. The van der Waals surface area contributed by atoms with Gasteiger partial charge in [-0.05, 0) is 32.3 Å². The largest absolute Gasteiger partial charge is 0.512 e. The van der Waals surface area contributed by atoms with Crippen molar-refractivity contribution < 1.29 is 19.4 Å². The van der Waals surface area contributed by atoms with E-state index in [1.807, 2.05) is 0 Å². The topological polar surface area (TPSA) is 63.6 Å². The summed E-state index contributed by atoms with van der Waals surface area (Å²) in [5.41, 5.74) is 0.747. The summed E-state index contributed by atoms with van der Waals surface area (Å²) in [6.07, 6.45) is 2.18. The van der Waals surface area contributed by atoms with Gasteiger partial charge in [0, 0.05) is 12.3 Å². The quantitative estimate of drug-likeness (QED) is 0.590. The maximum absolute atomic E-state index is 11.6. The highest BCUT2D eigenvalue weighted by Crippen LogP contribution is 2.34. The average molecular weight is 226 g/mol. The van der Waals surface area contributed by atoms with Crippen molar-refractivity contribution in [3.8, 4) is 0 Å². The Labute approximate surface area is 95.3 Å². The lowest BCUT2D eigenvalue weighted by atomic mass is 9.77. The molecule has 4 nitrogen and oxygen atoms in total. The minimum Gasteiger partial charge on any atom is -0.512 e. The van der Waals surface area contributed by atoms with E-state index in [0.717, 1.165) is 18.4 Å². The third-order valence-electron chi connectivity index (χ3n) is 3.24. The number of carbonyl (C=O) groups is 2. The molecule has 0 aliphatic heterocycles. The van der Waals surface area contributed by atoms with E-state index in [4.69, 9.17) is 0 Å². The molecule has 0 heterocycles. The molecule has 0 saturated heterocycles. The van der Waals surface area contributed by atoms with Crippen LogP contribution in [0, 0.1) is 11.8 Å². The van der Waals surface area contributed by atoms with Crippen LogP contribution in [-0.4, -0.2) is 24.0 Å². The first-order valence-electron chi connectivity index (χ1n) is 5.46. The van der Waals surface area contributed by atoms with Gasteiger partial charge in [0.1, 0.15) is 11.7 Å². The fourth-order valence-electron chi connectivity index (χ4n) is 2.27. The zero-order valence-corrected chi connectivity index (χ0v) is 9.95. The molecule has 0 aromatic heterocycles. The highest BCUT2D eigenvalue weighted by molar-refractivity contribution is 5.98. The monoisotopic (exact) mass is 226 g/mol. The van der Waals surface area contributed by atoms with Crippen molar-refractivity contribution in [2.24, 2.45) is 11.8 Å². The van der Waals surface area contributed by atoms with Crippen LogP contribution in [0.1, 0.15) is 33.1 Å². The van der Waals surface area contributed by atoms with Crippen molar-refractivity contribution in [2.45, 2.75) is 33.1 Å². The van der Waals surface area contributed by atoms with Crippen molar-refractivity contribution in [1.29, 1.82) is 0 Å². The predicted molar refractivity (Wildman–Crippen MR) is 58.9 cm³/mol. The maximum Gasteiger partial charge on any atom is 0.316 e. The SMILES string of the molecule is COC(=O)[C@@H](C(C)=O)C1CCCC(O)=C1C. The molecule has 0 saturated carbocycles. The Bertz CT molecular complexity index is 330. The van der Waals surface area contributed by atoms with E-state index in [-0.39, 0.29) is 11.7 Å². The summed E-state index contributed by atoms with van der Waals surface area (Å²) in [4.78, 5) is 23.0. The summed E-state index contributed by atoms with van der Waals surface area (Å²) >= 11 is 0. The Morgan fingerprint density at radius 2 is 2.12 bits per heavy atom. The van der Waals surface area contributed by atoms with Crippen LogP contribution in [0.3, 0.4) is 0 Å². The van der Waals surface area contributed by atoms with Gasteiger partial charge < -0.3 is 9.84 Å². The molecule has 16 heavy (non-hydrogen) atoms. The molecule has 0 fully saturated rings. The first kappa shape index (κ1) is 12.7. The number of esters is 1. The highest BCUT2D eigenvalue weighted by Gasteiger charge is 2.36. The van der Waals surface area contributed by atoms with E-state index >= 15 is 0 Å². The van der Waals surface area contributed by atoms with Crippen molar-refractivity contribution >= 4 is 11.8 Å². The molecule has 90 valence electrons.